The highest BCUT2D eigenvalue weighted by molar-refractivity contribution is 6.08. The lowest BCUT2D eigenvalue weighted by molar-refractivity contribution is -0.200. The van der Waals surface area contributed by atoms with Gasteiger partial charge in [-0.15, -0.1) is 0 Å². The van der Waals surface area contributed by atoms with E-state index in [-0.39, 0.29) is 12.8 Å². The molecular formula is C20H17F3N2O. The molecule has 0 aliphatic heterocycles. The average molecular weight is 358 g/mol. The first-order chi connectivity index (χ1) is 12.3. The summed E-state index contributed by atoms with van der Waals surface area (Å²) in [5.74, 6) is -1.27. The first-order valence-electron chi connectivity index (χ1n) is 8.39. The number of nitrogens with zero attached hydrogens (tertiary/aromatic N) is 1. The summed E-state index contributed by atoms with van der Waals surface area (Å²) in [5, 5.41) is 1.55. The molecule has 2 aromatic carbocycles. The fourth-order valence-electron chi connectivity index (χ4n) is 3.97. The zero-order valence-corrected chi connectivity index (χ0v) is 13.8. The Bertz CT molecular complexity index is 981. The molecule has 0 spiro atoms. The number of para-hydroxylation sites is 2. The Labute approximate surface area is 147 Å². The van der Waals surface area contributed by atoms with Gasteiger partial charge in [0.05, 0.1) is 17.0 Å². The number of rotatable bonds is 2. The van der Waals surface area contributed by atoms with Gasteiger partial charge in [0.1, 0.15) is 0 Å². The van der Waals surface area contributed by atoms with Crippen molar-refractivity contribution in [2.75, 3.05) is 0 Å². The Kier molecular flexibility index (Phi) is 3.61. The molecule has 1 aromatic heterocycles. The third-order valence-corrected chi connectivity index (χ3v) is 5.28. The molecule has 134 valence electrons. The second kappa shape index (κ2) is 5.62. The molecule has 0 fully saturated rings. The van der Waals surface area contributed by atoms with Gasteiger partial charge in [-0.25, -0.2) is 0 Å². The normalized spacial score (nSPS) is 23.6. The molecule has 6 heteroatoms. The van der Waals surface area contributed by atoms with Gasteiger partial charge in [0, 0.05) is 10.8 Å². The van der Waals surface area contributed by atoms with E-state index in [1.807, 2.05) is 24.3 Å². The number of amides is 1. The number of carbonyl (C=O) groups is 1. The number of benzene rings is 2. The van der Waals surface area contributed by atoms with Crippen molar-refractivity contribution in [2.45, 2.75) is 24.6 Å². The highest BCUT2D eigenvalue weighted by atomic mass is 19.4. The number of primary amides is 1. The maximum Gasteiger partial charge on any atom is 0.415 e. The maximum atomic E-state index is 14.4. The smallest absolute Gasteiger partial charge is 0.369 e. The van der Waals surface area contributed by atoms with Gasteiger partial charge in [0.2, 0.25) is 5.91 Å². The Morgan fingerprint density at radius 3 is 2.00 bits per heavy atom. The number of alkyl halides is 3. The first-order valence-corrected chi connectivity index (χ1v) is 8.39. The van der Waals surface area contributed by atoms with Crippen molar-refractivity contribution in [3.63, 3.8) is 0 Å². The van der Waals surface area contributed by atoms with Crippen molar-refractivity contribution < 1.29 is 18.0 Å². The molecule has 4 rings (SSSR count). The van der Waals surface area contributed by atoms with E-state index in [9.17, 15) is 18.0 Å². The lowest BCUT2D eigenvalue weighted by Gasteiger charge is -2.39. The van der Waals surface area contributed by atoms with Gasteiger partial charge in [-0.2, -0.15) is 13.2 Å². The van der Waals surface area contributed by atoms with Crippen LogP contribution in [0.1, 0.15) is 12.8 Å². The zero-order valence-electron chi connectivity index (χ0n) is 13.8. The Balaban J connectivity index is 2.07. The van der Waals surface area contributed by atoms with Gasteiger partial charge in [-0.1, -0.05) is 48.6 Å². The summed E-state index contributed by atoms with van der Waals surface area (Å²) >= 11 is 0. The maximum absolute atomic E-state index is 14.4. The number of hydrogen-bond donors (Lipinski definition) is 1. The Hall–Kier alpha value is -2.76. The van der Waals surface area contributed by atoms with Gasteiger partial charge in [-0.05, 0) is 25.0 Å². The summed E-state index contributed by atoms with van der Waals surface area (Å²) in [7, 11) is 0. The van der Waals surface area contributed by atoms with Crippen molar-refractivity contribution >= 4 is 27.7 Å². The second-order valence-electron chi connectivity index (χ2n) is 6.70. The molecule has 2 unspecified atom stereocenters. The minimum absolute atomic E-state index is 0.0617. The fraction of sp³-hybridized carbons (Fsp3) is 0.250. The highest BCUT2D eigenvalue weighted by Crippen LogP contribution is 2.49. The Morgan fingerprint density at radius 1 is 1.04 bits per heavy atom. The lowest BCUT2D eigenvalue weighted by atomic mass is 9.81. The van der Waals surface area contributed by atoms with E-state index in [1.54, 1.807) is 24.3 Å². The predicted octanol–water partition coefficient (Wildman–Crippen LogP) is 4.50. The molecule has 0 radical (unpaired) electrons. The van der Waals surface area contributed by atoms with Crippen LogP contribution in [0.25, 0.3) is 21.8 Å². The predicted molar refractivity (Wildman–Crippen MR) is 94.5 cm³/mol. The van der Waals surface area contributed by atoms with E-state index in [2.05, 4.69) is 0 Å². The lowest BCUT2D eigenvalue weighted by Crippen LogP contribution is -2.48. The van der Waals surface area contributed by atoms with E-state index < -0.39 is 23.5 Å². The standard InChI is InChI=1S/C20H17F3N2O/c21-20(22,23)19(11-9-13(10-12-19)18(24)26)25-16-7-3-1-5-14(16)15-6-2-4-8-17(15)25/h1-9,11,13H,10,12H2,(H2,24,26). The summed E-state index contributed by atoms with van der Waals surface area (Å²) in [5.41, 5.74) is 4.12. The largest absolute Gasteiger partial charge is 0.415 e. The monoisotopic (exact) mass is 358 g/mol. The topological polar surface area (TPSA) is 48.0 Å². The summed E-state index contributed by atoms with van der Waals surface area (Å²) in [6, 6.07) is 14.2. The number of aromatic nitrogens is 1. The van der Waals surface area contributed by atoms with Crippen LogP contribution in [0.15, 0.2) is 60.7 Å². The molecule has 1 aliphatic carbocycles. The van der Waals surface area contributed by atoms with Gasteiger partial charge in [0.25, 0.3) is 0 Å². The number of fused-ring (bicyclic) bond motifs is 3. The van der Waals surface area contributed by atoms with E-state index >= 15 is 0 Å². The third-order valence-electron chi connectivity index (χ3n) is 5.28. The van der Waals surface area contributed by atoms with Crippen LogP contribution in [0.2, 0.25) is 0 Å². The number of halogens is 3. The minimum Gasteiger partial charge on any atom is -0.369 e. The van der Waals surface area contributed by atoms with Crippen LogP contribution in [-0.2, 0) is 10.3 Å². The molecule has 1 heterocycles. The van der Waals surface area contributed by atoms with E-state index in [1.165, 1.54) is 10.6 Å². The van der Waals surface area contributed by atoms with Crippen LogP contribution < -0.4 is 5.73 Å². The van der Waals surface area contributed by atoms with E-state index in [0.717, 1.165) is 16.8 Å². The first kappa shape index (κ1) is 16.7. The number of hydrogen-bond acceptors (Lipinski definition) is 1. The summed E-state index contributed by atoms with van der Waals surface area (Å²) < 4.78 is 44.4. The highest BCUT2D eigenvalue weighted by Gasteiger charge is 2.56. The SMILES string of the molecule is NC(=O)C1C=CC(n2c3ccccc3c3ccccc32)(C(F)(F)F)CC1. The number of allylic oxidation sites excluding steroid dienone is 1. The van der Waals surface area contributed by atoms with Crippen molar-refractivity contribution in [3.8, 4) is 0 Å². The third kappa shape index (κ3) is 2.25. The molecule has 1 aliphatic rings. The van der Waals surface area contributed by atoms with Crippen molar-refractivity contribution in [3.05, 3.63) is 60.7 Å². The van der Waals surface area contributed by atoms with E-state index in [4.69, 9.17) is 5.73 Å². The number of nitrogens with two attached hydrogens (primary N) is 1. The van der Waals surface area contributed by atoms with Crippen molar-refractivity contribution in [2.24, 2.45) is 11.7 Å². The molecular weight excluding hydrogens is 341 g/mol. The van der Waals surface area contributed by atoms with Crippen molar-refractivity contribution in [1.82, 2.24) is 4.57 Å². The number of carbonyl (C=O) groups excluding carboxylic acids is 1. The molecule has 1 amide bonds. The Morgan fingerprint density at radius 2 is 1.58 bits per heavy atom. The molecule has 0 saturated heterocycles. The molecule has 3 aromatic rings. The van der Waals surface area contributed by atoms with Gasteiger partial charge < -0.3 is 10.3 Å². The minimum atomic E-state index is -4.52. The second-order valence-corrected chi connectivity index (χ2v) is 6.70. The van der Waals surface area contributed by atoms with Crippen LogP contribution in [0.5, 0.6) is 0 Å². The zero-order chi connectivity index (χ0) is 18.5. The molecule has 0 bridgehead atoms. The van der Waals surface area contributed by atoms with Crippen LogP contribution in [-0.4, -0.2) is 16.7 Å². The molecule has 3 nitrogen and oxygen atoms in total. The van der Waals surface area contributed by atoms with Crippen molar-refractivity contribution in [1.29, 1.82) is 0 Å². The van der Waals surface area contributed by atoms with Crippen LogP contribution in [0.4, 0.5) is 13.2 Å². The summed E-state index contributed by atoms with van der Waals surface area (Å²) in [6.07, 6.45) is -2.26. The average Bonchev–Trinajstić information content (AvgIpc) is 2.95. The van der Waals surface area contributed by atoms with Gasteiger partial charge in [-0.3, -0.25) is 4.79 Å². The molecule has 2 atom stereocenters. The molecule has 2 N–H and O–H groups in total. The summed E-state index contributed by atoms with van der Waals surface area (Å²) in [4.78, 5) is 11.4. The van der Waals surface area contributed by atoms with Gasteiger partial charge in [0.15, 0.2) is 5.54 Å². The molecule has 26 heavy (non-hydrogen) atoms. The van der Waals surface area contributed by atoms with Crippen LogP contribution >= 0.6 is 0 Å². The quantitative estimate of drug-likeness (QED) is 0.674. The van der Waals surface area contributed by atoms with Crippen LogP contribution in [0, 0.1) is 5.92 Å². The fourth-order valence-corrected chi connectivity index (χ4v) is 3.97. The van der Waals surface area contributed by atoms with Gasteiger partial charge >= 0.3 is 6.18 Å². The van der Waals surface area contributed by atoms with E-state index in [0.29, 0.717) is 11.0 Å². The van der Waals surface area contributed by atoms with Crippen LogP contribution in [0.3, 0.4) is 0 Å². The molecule has 0 saturated carbocycles. The summed E-state index contributed by atoms with van der Waals surface area (Å²) in [6.45, 7) is 0.